The van der Waals surface area contributed by atoms with Gasteiger partial charge in [0.1, 0.15) is 17.1 Å². The van der Waals surface area contributed by atoms with Gasteiger partial charge in [-0.25, -0.2) is 29.9 Å². The Kier molecular flexibility index (Phi) is 30.9. The van der Waals surface area contributed by atoms with E-state index in [0.29, 0.717) is 75.6 Å². The first-order chi connectivity index (χ1) is 50.5. The van der Waals surface area contributed by atoms with E-state index in [0.717, 1.165) is 79.2 Å². The van der Waals surface area contributed by atoms with E-state index in [-0.39, 0.29) is 71.7 Å². The number of ether oxygens (including phenoxy) is 1. The second-order valence-corrected chi connectivity index (χ2v) is 140. The van der Waals surface area contributed by atoms with Gasteiger partial charge in [-0.15, -0.1) is 0 Å². The zero-order valence-corrected chi connectivity index (χ0v) is 74.5. The molecule has 36 heteroatoms. The Labute approximate surface area is 683 Å². The number of fused-ring (bicyclic) bond motifs is 3. The number of nitrogen functional groups attached to an aromatic ring is 1. The molecule has 6 aromatic heterocycles. The van der Waals surface area contributed by atoms with Crippen LogP contribution in [0, 0.1) is 73.6 Å². The van der Waals surface area contributed by atoms with E-state index in [2.05, 4.69) is 126 Å². The second kappa shape index (κ2) is 38.0. The molecule has 7 N–H and O–H groups in total. The molecule has 0 aliphatic heterocycles. The summed E-state index contributed by atoms with van der Waals surface area (Å²) in [6.07, 6.45) is 10.3. The number of anilines is 9. The normalized spacial score (nSPS) is 11.3. The summed E-state index contributed by atoms with van der Waals surface area (Å²) in [5, 5.41) is 51.5. The number of hydrogen-bond donors (Lipinski definition) is 6. The molecular weight excluding hydrogens is 2200 g/mol. The van der Waals surface area contributed by atoms with Gasteiger partial charge in [0.05, 0.1) is 74.6 Å². The molecule has 0 unspecified atom stereocenters. The maximum absolute atomic E-state index is 14.0. The Morgan fingerprint density at radius 3 is 1.17 bits per heavy atom. The molecule has 2 amide bonds. The van der Waals surface area contributed by atoms with Crippen molar-refractivity contribution in [2.75, 3.05) is 39.4 Å². The van der Waals surface area contributed by atoms with E-state index in [1.54, 1.807) is 53.8 Å². The maximum atomic E-state index is 14.0. The van der Waals surface area contributed by atoms with Gasteiger partial charge >= 0.3 is 121 Å². The molecule has 0 bridgehead atoms. The third-order valence-corrected chi connectivity index (χ3v) is 264. The van der Waals surface area contributed by atoms with Crippen molar-refractivity contribution in [3.05, 3.63) is 205 Å². The quantitative estimate of drug-likeness (QED) is 0.0280. The number of aromatic nitrogens is 9. The number of nitro benzene ring substituents is 3. The van der Waals surface area contributed by atoms with Gasteiger partial charge in [-0.05, 0) is 73.9 Å². The molecule has 6 heterocycles. The molecule has 12 aromatic rings. The number of hydrogen-bond acceptors (Lipinski definition) is 19. The van der Waals surface area contributed by atoms with Gasteiger partial charge in [0.25, 0.3) is 0 Å². The molecule has 12 rings (SSSR count). The molecule has 0 fully saturated rings. The van der Waals surface area contributed by atoms with Crippen LogP contribution < -0.4 is 50.3 Å². The summed E-state index contributed by atoms with van der Waals surface area (Å²) in [7, 11) is 6.69. The average molecular weight is 2280 g/mol. The Balaban J connectivity index is 0.000000217. The van der Waals surface area contributed by atoms with E-state index in [1.165, 1.54) is 25.6 Å². The van der Waals surface area contributed by atoms with Gasteiger partial charge in [0.15, 0.2) is 5.75 Å². The van der Waals surface area contributed by atoms with Crippen molar-refractivity contribution < 1.29 is 51.1 Å². The molecule has 6 aromatic carbocycles. The number of carbonyl (C=O) groups excluding carboxylic acids is 2. The number of benzene rings is 6. The van der Waals surface area contributed by atoms with Crippen LogP contribution in [0.1, 0.15) is 73.1 Å². The average Bonchev–Trinajstić information content (AvgIpc) is 1.66. The van der Waals surface area contributed by atoms with Crippen LogP contribution in [0.5, 0.6) is 5.75 Å². The number of nitro groups is 3. The summed E-state index contributed by atoms with van der Waals surface area (Å²) in [5.74, 6) is -1.45. The van der Waals surface area contributed by atoms with Gasteiger partial charge < -0.3 is 50.8 Å². The topological polar surface area (TPSA) is 351 Å². The van der Waals surface area contributed by atoms with Crippen LogP contribution >= 0.6 is 90.3 Å². The molecule has 0 aliphatic carbocycles. The molecule has 578 valence electrons. The standard InChI is InChI=1S/C26H28N6O4.C25H25FN6O3.C20H17FN6O2.2CH4.I7/c1-15-11-22(36-6)21(32(34)35)12-18(15)29-25-27-13-19(28-24(33)26(2,3)4)23(30-25)17-14-31(5)20-10-8-7-9-16(17)20;1-14-10-17(26)21(32(34)35)11-18(14)29-24-27-12-19(28-23(33)25(2,3)4)22(30-24)16-13-31(5)20-9-7-6-8-15(16)20;1-11-7-14(21)18(27(28)29)8-16(11)24-20-23-9-15(22)19(25-20)13-10-26(2)17-6-4-3-5-12(13)17;;;1-5-7(4)6(2)3/h7-14H,1-6H3,(H,28,33)(H,27,29,30);6-13H,1-5H3,(H,28,33)(H,27,29,30);3-10H,22H2,1-2H3,(H,23,24,25);2*1H4;/q;;;;;-1. The van der Waals surface area contributed by atoms with E-state index in [1.807, 2.05) is 147 Å². The van der Waals surface area contributed by atoms with Gasteiger partial charge in [-0.3, -0.25) is 39.9 Å². The molecule has 0 aliphatic rings. The van der Waals surface area contributed by atoms with Crippen LogP contribution in [0.15, 0.2) is 146 Å². The zero-order chi connectivity index (χ0) is 78.3. The number of methoxy groups -OCH3 is 1. The first-order valence-electron chi connectivity index (χ1n) is 31.8. The van der Waals surface area contributed by atoms with Crippen LogP contribution in [-0.2, 0) is 30.7 Å². The van der Waals surface area contributed by atoms with E-state index >= 15 is 0 Å². The number of rotatable bonds is 17. The van der Waals surface area contributed by atoms with Gasteiger partial charge in [0, 0.05) is 118 Å². The molecule has 0 radical (unpaired) electrons. The fourth-order valence-electron chi connectivity index (χ4n) is 10.7. The van der Waals surface area contributed by atoms with Gasteiger partial charge in [-0.1, -0.05) is 111 Å². The Morgan fingerprint density at radius 1 is 0.523 bits per heavy atom. The van der Waals surface area contributed by atoms with Crippen molar-refractivity contribution in [1.82, 2.24) is 43.6 Å². The summed E-state index contributed by atoms with van der Waals surface area (Å²) in [6, 6.07) is 31.0. The molecule has 0 saturated heterocycles. The number of para-hydroxylation sites is 3. The summed E-state index contributed by atoms with van der Waals surface area (Å²) in [5.41, 5.74) is 14.5. The number of amides is 2. The zero-order valence-electron chi connectivity index (χ0n) is 59.4. The first kappa shape index (κ1) is 88.5. The summed E-state index contributed by atoms with van der Waals surface area (Å²) < 4.78 is 38.9. The van der Waals surface area contributed by atoms with Crippen molar-refractivity contribution in [2.24, 2.45) is 32.0 Å². The number of aryl methyl sites for hydroxylation is 6. The van der Waals surface area contributed by atoms with Crippen LogP contribution in [-0.4, -0.2) is 77.3 Å². The van der Waals surface area contributed by atoms with E-state index < -0.39 is 48.6 Å². The minimum absolute atomic E-state index is 0. The SMILES string of the molecule is C.C.COc1cc(C)c(Nc2ncc(NC(=O)C(C)(C)C)c(-c3cn(C)c4ccccc34)n2)cc1[N+](=O)[O-].Cc1cc(F)c([N+](=O)[O-])cc1Nc1ncc(N)c(-c2cn(C)c3ccccc23)n1.Cc1cc(F)c([N+](=O)[O-])cc1Nc1ncc(NC(=O)C(C)(C)C)c(-c2cn(C)c3ccccc23)n1.I[I-]I(I)I(I)I. The predicted molar refractivity (Wildman–Crippen MR) is 480 cm³/mol. The van der Waals surface area contributed by atoms with Crippen LogP contribution in [0.4, 0.5) is 77.8 Å². The van der Waals surface area contributed by atoms with E-state index in [4.69, 9.17) is 15.5 Å². The predicted octanol–water partition coefficient (Wildman–Crippen LogP) is 19.2. The van der Waals surface area contributed by atoms with Crippen molar-refractivity contribution in [2.45, 2.75) is 77.2 Å². The molecule has 27 nitrogen and oxygen atoms in total. The van der Waals surface area contributed by atoms with Crippen LogP contribution in [0.25, 0.3) is 66.5 Å². The van der Waals surface area contributed by atoms with Crippen molar-refractivity contribution in [1.29, 1.82) is 0 Å². The van der Waals surface area contributed by atoms with Crippen LogP contribution in [0.3, 0.4) is 0 Å². The van der Waals surface area contributed by atoms with Crippen molar-refractivity contribution >= 4 is 204 Å². The Morgan fingerprint density at radius 2 is 0.844 bits per heavy atom. The number of halogens is 9. The van der Waals surface area contributed by atoms with Crippen molar-refractivity contribution in [3.8, 4) is 39.5 Å². The molecule has 109 heavy (non-hydrogen) atoms. The summed E-state index contributed by atoms with van der Waals surface area (Å²) >= 11 is 11.4. The monoisotopic (exact) mass is 2280 g/mol. The number of carbonyl (C=O) groups is 2. The number of nitrogens with zero attached hydrogens (tertiary/aromatic N) is 12. The fourth-order valence-corrected chi connectivity index (χ4v) is 220. The Bertz CT molecular complexity index is 5420. The van der Waals surface area contributed by atoms with Gasteiger partial charge in [0.2, 0.25) is 41.3 Å². The second-order valence-electron chi connectivity index (χ2n) is 25.9. The molecule has 0 saturated carbocycles. The third-order valence-electron chi connectivity index (χ3n) is 16.3. The molecular formula is C73H78F2I7N18O9-. The van der Waals surface area contributed by atoms with E-state index in [9.17, 15) is 48.7 Å². The summed E-state index contributed by atoms with van der Waals surface area (Å²) in [4.78, 5) is 84.0. The molecule has 0 atom stereocenters. The first-order valence-corrected chi connectivity index (χ1v) is 69.5. The Hall–Kier alpha value is -7.71. The van der Waals surface area contributed by atoms with Crippen LogP contribution in [0.2, 0.25) is 0 Å². The number of nitrogens with one attached hydrogen (secondary N) is 5. The number of nitrogens with two attached hydrogens (primary N) is 1. The third kappa shape index (κ3) is 21.5. The fraction of sp³-hybridized carbons (Fsp3) is 0.233. The molecule has 0 spiro atoms. The minimum atomic E-state index is -0.921. The summed E-state index contributed by atoms with van der Waals surface area (Å²) in [6.45, 7) is 16.0. The van der Waals surface area contributed by atoms with Gasteiger partial charge in [-0.2, -0.15) is 8.78 Å². The van der Waals surface area contributed by atoms with Crippen molar-refractivity contribution in [3.63, 3.8) is 0 Å².